The van der Waals surface area contributed by atoms with Gasteiger partial charge in [-0.2, -0.15) is 0 Å². The number of nitrogens with zero attached hydrogens (tertiary/aromatic N) is 5. The number of fused-ring (bicyclic) bond motifs is 1. The van der Waals surface area contributed by atoms with Crippen LogP contribution in [0.5, 0.6) is 0 Å². The first kappa shape index (κ1) is 23.2. The molecule has 11 heteroatoms. The molecule has 0 aliphatic rings. The van der Waals surface area contributed by atoms with Gasteiger partial charge in [-0.1, -0.05) is 35.9 Å². The molecular weight excluding hydrogens is 489 g/mol. The minimum absolute atomic E-state index is 0.0486. The highest BCUT2D eigenvalue weighted by molar-refractivity contribution is 6.30. The summed E-state index contributed by atoms with van der Waals surface area (Å²) in [5, 5.41) is 11.4. The van der Waals surface area contributed by atoms with E-state index < -0.39 is 22.0 Å². The smallest absolute Gasteiger partial charge is 0.320 e. The van der Waals surface area contributed by atoms with Crippen molar-refractivity contribution in [1.29, 1.82) is 0 Å². The summed E-state index contributed by atoms with van der Waals surface area (Å²) in [6, 6.07) is 18.0. The van der Waals surface area contributed by atoms with Gasteiger partial charge in [-0.15, -0.1) is 0 Å². The molecular formula is C25H17ClFN5O4. The molecule has 0 saturated heterocycles. The molecule has 0 fully saturated rings. The fourth-order valence-corrected chi connectivity index (χ4v) is 4.08. The van der Waals surface area contributed by atoms with Gasteiger partial charge in [0, 0.05) is 23.7 Å². The molecule has 0 atom stereocenters. The topological polar surface area (TPSA) is 105 Å². The highest BCUT2D eigenvalue weighted by Gasteiger charge is 2.20. The normalized spacial score (nSPS) is 11.2. The van der Waals surface area contributed by atoms with Gasteiger partial charge in [-0.3, -0.25) is 19.5 Å². The van der Waals surface area contributed by atoms with E-state index in [1.54, 1.807) is 41.0 Å². The lowest BCUT2D eigenvalue weighted by Gasteiger charge is -2.13. The van der Waals surface area contributed by atoms with Crippen molar-refractivity contribution in [3.8, 4) is 5.69 Å². The fourth-order valence-electron chi connectivity index (χ4n) is 3.95. The van der Waals surface area contributed by atoms with Crippen LogP contribution in [0.1, 0.15) is 11.1 Å². The summed E-state index contributed by atoms with van der Waals surface area (Å²) in [5.74, 6) is -0.429. The third-order valence-electron chi connectivity index (χ3n) is 5.74. The van der Waals surface area contributed by atoms with E-state index in [1.807, 2.05) is 0 Å². The van der Waals surface area contributed by atoms with Crippen molar-refractivity contribution < 1.29 is 9.31 Å². The largest absolute Gasteiger partial charge is 0.337 e. The van der Waals surface area contributed by atoms with Gasteiger partial charge in [0.1, 0.15) is 5.82 Å². The first-order chi connectivity index (χ1) is 17.3. The van der Waals surface area contributed by atoms with Gasteiger partial charge in [0.25, 0.3) is 11.2 Å². The van der Waals surface area contributed by atoms with E-state index in [4.69, 9.17) is 11.6 Å². The number of hydrogen-bond donors (Lipinski definition) is 0. The first-order valence-corrected chi connectivity index (χ1v) is 11.1. The number of nitro benzene ring substituents is 1. The van der Waals surface area contributed by atoms with Crippen LogP contribution in [-0.4, -0.2) is 23.6 Å². The molecule has 9 nitrogen and oxygen atoms in total. The van der Waals surface area contributed by atoms with E-state index in [1.165, 1.54) is 47.3 Å². The molecule has 3 aromatic carbocycles. The summed E-state index contributed by atoms with van der Waals surface area (Å²) in [5.41, 5.74) is 0.835. The monoisotopic (exact) mass is 505 g/mol. The lowest BCUT2D eigenvalue weighted by atomic mass is 10.2. The van der Waals surface area contributed by atoms with Crippen LogP contribution in [0.3, 0.4) is 0 Å². The Kier molecular flexibility index (Phi) is 5.95. The number of benzene rings is 3. The summed E-state index contributed by atoms with van der Waals surface area (Å²) >= 11 is 6.02. The zero-order valence-electron chi connectivity index (χ0n) is 18.5. The average Bonchev–Trinajstić information content (AvgIpc) is 3.27. The number of nitro groups is 1. The molecule has 180 valence electrons. The van der Waals surface area contributed by atoms with Crippen LogP contribution in [0.25, 0.3) is 16.9 Å². The molecule has 0 N–H and O–H groups in total. The van der Waals surface area contributed by atoms with Crippen LogP contribution >= 0.6 is 11.6 Å². The SMILES string of the molecule is O=c1c2c(ncn2Cc2ccc([N+](=O)[O-])cc2)n(-c2ccc(Cl)cc2)c(=O)n1Cc1ccc(F)cc1. The minimum atomic E-state index is -0.611. The standard InChI is InChI=1S/C25H17ClFN5O4/c26-18-5-11-20(12-6-18)31-23-22(24(33)30(25(31)34)14-17-1-7-19(27)8-2-17)29(15-28-23)13-16-3-9-21(10-4-16)32(35)36/h1-12,15H,13-14H2. The van der Waals surface area contributed by atoms with E-state index in [0.29, 0.717) is 21.8 Å². The summed E-state index contributed by atoms with van der Waals surface area (Å²) < 4.78 is 17.4. The van der Waals surface area contributed by atoms with E-state index in [-0.39, 0.29) is 29.9 Å². The number of imidazole rings is 1. The van der Waals surface area contributed by atoms with Crippen LogP contribution in [0.4, 0.5) is 10.1 Å². The minimum Gasteiger partial charge on any atom is -0.320 e. The zero-order chi connectivity index (χ0) is 25.4. The molecule has 0 radical (unpaired) electrons. The molecule has 0 saturated carbocycles. The average molecular weight is 506 g/mol. The molecule has 0 aliphatic carbocycles. The number of non-ortho nitro benzene ring substituents is 1. The van der Waals surface area contributed by atoms with Crippen molar-refractivity contribution in [3.63, 3.8) is 0 Å². The van der Waals surface area contributed by atoms with Crippen molar-refractivity contribution in [2.45, 2.75) is 13.1 Å². The Balaban J connectivity index is 1.69. The molecule has 0 spiro atoms. The highest BCUT2D eigenvalue weighted by Crippen LogP contribution is 2.18. The van der Waals surface area contributed by atoms with Crippen molar-refractivity contribution >= 4 is 28.5 Å². The lowest BCUT2D eigenvalue weighted by molar-refractivity contribution is -0.384. The third-order valence-corrected chi connectivity index (χ3v) is 5.99. The number of hydrogen-bond acceptors (Lipinski definition) is 5. The maximum atomic E-state index is 13.6. The first-order valence-electron chi connectivity index (χ1n) is 10.8. The Morgan fingerprint density at radius 3 is 2.14 bits per heavy atom. The van der Waals surface area contributed by atoms with Gasteiger partial charge in [0.2, 0.25) is 0 Å². The maximum absolute atomic E-state index is 13.6. The Morgan fingerprint density at radius 1 is 0.889 bits per heavy atom. The molecule has 2 heterocycles. The van der Waals surface area contributed by atoms with Gasteiger partial charge in [-0.05, 0) is 47.5 Å². The fraction of sp³-hybridized carbons (Fsp3) is 0.0800. The van der Waals surface area contributed by atoms with Crippen LogP contribution in [-0.2, 0) is 13.1 Å². The number of aromatic nitrogens is 4. The van der Waals surface area contributed by atoms with Gasteiger partial charge in [0.05, 0.1) is 23.5 Å². The number of rotatable bonds is 6. The molecule has 0 unspecified atom stereocenters. The lowest BCUT2D eigenvalue weighted by Crippen LogP contribution is -2.40. The van der Waals surface area contributed by atoms with E-state index in [9.17, 15) is 24.1 Å². The molecule has 0 aliphatic heterocycles. The second-order valence-corrected chi connectivity index (χ2v) is 8.52. The Morgan fingerprint density at radius 2 is 1.50 bits per heavy atom. The molecule has 0 bridgehead atoms. The molecule has 5 rings (SSSR count). The summed E-state index contributed by atoms with van der Waals surface area (Å²) in [7, 11) is 0. The quantitative estimate of drug-likeness (QED) is 0.255. The third kappa shape index (κ3) is 4.29. The van der Waals surface area contributed by atoms with Gasteiger partial charge in [-0.25, -0.2) is 18.7 Å². The second-order valence-electron chi connectivity index (χ2n) is 8.08. The van der Waals surface area contributed by atoms with Gasteiger partial charge >= 0.3 is 5.69 Å². The van der Waals surface area contributed by atoms with Crippen molar-refractivity contribution in [1.82, 2.24) is 18.7 Å². The summed E-state index contributed by atoms with van der Waals surface area (Å²) in [6.07, 6.45) is 1.45. The van der Waals surface area contributed by atoms with Crippen molar-refractivity contribution in [2.75, 3.05) is 0 Å². The van der Waals surface area contributed by atoms with Crippen LogP contribution < -0.4 is 11.2 Å². The van der Waals surface area contributed by atoms with Crippen LogP contribution in [0.2, 0.25) is 5.02 Å². The zero-order valence-corrected chi connectivity index (χ0v) is 19.3. The Hall–Kier alpha value is -4.57. The number of halogens is 2. The summed E-state index contributed by atoms with van der Waals surface area (Å²) in [4.78, 5) is 41.9. The molecule has 5 aromatic rings. The highest BCUT2D eigenvalue weighted by atomic mass is 35.5. The predicted octanol–water partition coefficient (Wildman–Crippen LogP) is 4.15. The van der Waals surface area contributed by atoms with Crippen LogP contribution in [0.15, 0.2) is 88.7 Å². The molecule has 2 aromatic heterocycles. The van der Waals surface area contributed by atoms with Crippen molar-refractivity contribution in [2.24, 2.45) is 0 Å². The van der Waals surface area contributed by atoms with Crippen molar-refractivity contribution in [3.05, 3.63) is 132 Å². The second kappa shape index (κ2) is 9.23. The van der Waals surface area contributed by atoms with E-state index in [0.717, 1.165) is 4.57 Å². The van der Waals surface area contributed by atoms with Crippen LogP contribution in [0, 0.1) is 15.9 Å². The van der Waals surface area contributed by atoms with E-state index in [2.05, 4.69) is 4.98 Å². The van der Waals surface area contributed by atoms with E-state index >= 15 is 0 Å². The summed E-state index contributed by atoms with van der Waals surface area (Å²) in [6.45, 7) is 0.114. The maximum Gasteiger partial charge on any atom is 0.337 e. The van der Waals surface area contributed by atoms with Gasteiger partial charge < -0.3 is 4.57 Å². The molecule has 36 heavy (non-hydrogen) atoms. The Labute approximate surface area is 207 Å². The predicted molar refractivity (Wildman–Crippen MR) is 132 cm³/mol. The van der Waals surface area contributed by atoms with Gasteiger partial charge in [0.15, 0.2) is 11.2 Å². The molecule has 0 amide bonds. The Bertz CT molecular complexity index is 1710.